The highest BCUT2D eigenvalue weighted by molar-refractivity contribution is 5.98. The number of ether oxygens (including phenoxy) is 1. The zero-order valence-electron chi connectivity index (χ0n) is 21.0. The number of urea groups is 1. The van der Waals surface area contributed by atoms with E-state index in [0.717, 1.165) is 5.69 Å². The molecule has 10 nitrogen and oxygen atoms in total. The maximum Gasteiger partial charge on any atom is 0.321 e. The van der Waals surface area contributed by atoms with Crippen LogP contribution in [0.1, 0.15) is 35.7 Å². The average Bonchev–Trinajstić information content (AvgIpc) is 3.12. The molecule has 1 aromatic heterocycles. The Morgan fingerprint density at radius 3 is 2.62 bits per heavy atom. The lowest BCUT2D eigenvalue weighted by atomic mass is 9.99. The molecule has 10 heteroatoms. The van der Waals surface area contributed by atoms with Gasteiger partial charge in [-0.2, -0.15) is 0 Å². The number of nitrogens with one attached hydrogen (secondary N) is 1. The fourth-order valence-corrected chi connectivity index (χ4v) is 3.92. The topological polar surface area (TPSA) is 111 Å². The number of benzene rings is 1. The SMILES string of the molecule is Cc1noc(C)c1NC(=O)N(C)C[C@@H]1Oc2ccc(N(C)C)cc2C(=O)N([C@@H](C)CO)C[C@@H]1C. The molecular weight excluding hydrogens is 438 g/mol. The summed E-state index contributed by atoms with van der Waals surface area (Å²) in [6.07, 6.45) is -0.383. The van der Waals surface area contributed by atoms with Crippen molar-refractivity contribution in [1.82, 2.24) is 15.0 Å². The van der Waals surface area contributed by atoms with E-state index in [1.54, 1.807) is 42.8 Å². The van der Waals surface area contributed by atoms with Gasteiger partial charge in [0.15, 0.2) is 5.76 Å². The van der Waals surface area contributed by atoms with Crippen LogP contribution in [0.2, 0.25) is 0 Å². The molecule has 0 saturated heterocycles. The summed E-state index contributed by atoms with van der Waals surface area (Å²) in [5.74, 6) is 0.707. The van der Waals surface area contributed by atoms with Gasteiger partial charge in [-0.15, -0.1) is 0 Å². The van der Waals surface area contributed by atoms with Crippen molar-refractivity contribution in [2.75, 3.05) is 51.1 Å². The minimum absolute atomic E-state index is 0.103. The molecule has 0 saturated carbocycles. The van der Waals surface area contributed by atoms with Crippen molar-refractivity contribution in [2.24, 2.45) is 5.92 Å². The van der Waals surface area contributed by atoms with Crippen LogP contribution in [0.25, 0.3) is 0 Å². The maximum absolute atomic E-state index is 13.4. The quantitative estimate of drug-likeness (QED) is 0.664. The van der Waals surface area contributed by atoms with Crippen molar-refractivity contribution in [2.45, 2.75) is 39.8 Å². The molecule has 1 aliphatic heterocycles. The Labute approximate surface area is 200 Å². The van der Waals surface area contributed by atoms with Gasteiger partial charge in [-0.25, -0.2) is 4.79 Å². The summed E-state index contributed by atoms with van der Waals surface area (Å²) in [5, 5.41) is 16.5. The van der Waals surface area contributed by atoms with E-state index >= 15 is 0 Å². The van der Waals surface area contributed by atoms with Crippen molar-refractivity contribution in [3.8, 4) is 5.75 Å². The summed E-state index contributed by atoms with van der Waals surface area (Å²) in [6, 6.07) is 4.82. The monoisotopic (exact) mass is 473 g/mol. The number of likely N-dealkylation sites (N-methyl/N-ethyl adjacent to an activating group) is 1. The molecule has 0 spiro atoms. The highest BCUT2D eigenvalue weighted by Crippen LogP contribution is 2.31. The smallest absolute Gasteiger partial charge is 0.321 e. The summed E-state index contributed by atoms with van der Waals surface area (Å²) in [7, 11) is 5.50. The third kappa shape index (κ3) is 5.27. The molecule has 3 rings (SSSR count). The predicted molar refractivity (Wildman–Crippen MR) is 130 cm³/mol. The standard InChI is InChI=1S/C24H35N5O5/c1-14-11-29(15(2)13-30)23(31)19-10-18(27(5)6)8-9-20(19)33-21(14)12-28(7)24(32)25-22-16(3)26-34-17(22)4/h8-10,14-15,21,30H,11-13H2,1-7H3,(H,25,32)/t14-,15-,21-/m0/s1. The van der Waals surface area contributed by atoms with Gasteiger partial charge in [0.2, 0.25) is 0 Å². The van der Waals surface area contributed by atoms with Crippen LogP contribution in [0, 0.1) is 19.8 Å². The minimum Gasteiger partial charge on any atom is -0.487 e. The van der Waals surface area contributed by atoms with E-state index in [4.69, 9.17) is 9.26 Å². The van der Waals surface area contributed by atoms with Crippen molar-refractivity contribution in [3.63, 3.8) is 0 Å². The normalized spacial score (nSPS) is 18.9. The molecule has 1 aliphatic rings. The van der Waals surface area contributed by atoms with Gasteiger partial charge < -0.3 is 34.4 Å². The highest BCUT2D eigenvalue weighted by Gasteiger charge is 2.34. The van der Waals surface area contributed by atoms with E-state index in [0.29, 0.717) is 41.5 Å². The second kappa shape index (κ2) is 10.3. The molecule has 2 heterocycles. The van der Waals surface area contributed by atoms with Crippen LogP contribution in [0.3, 0.4) is 0 Å². The number of carbonyl (C=O) groups excluding carboxylic acids is 2. The fourth-order valence-electron chi connectivity index (χ4n) is 3.92. The lowest BCUT2D eigenvalue weighted by molar-refractivity contribution is 0.0371. The summed E-state index contributed by atoms with van der Waals surface area (Å²) in [6.45, 7) is 7.83. The number of anilines is 2. The fraction of sp³-hybridized carbons (Fsp3) is 0.542. The first-order chi connectivity index (χ1) is 16.0. The number of carbonyl (C=O) groups is 2. The average molecular weight is 474 g/mol. The zero-order chi connectivity index (χ0) is 25.2. The van der Waals surface area contributed by atoms with Crippen molar-refractivity contribution in [1.29, 1.82) is 0 Å². The summed E-state index contributed by atoms with van der Waals surface area (Å²) >= 11 is 0. The van der Waals surface area contributed by atoms with Crippen LogP contribution in [0.4, 0.5) is 16.2 Å². The number of rotatable bonds is 6. The molecule has 2 aromatic rings. The Hall–Kier alpha value is -3.27. The first kappa shape index (κ1) is 25.4. The Bertz CT molecular complexity index is 1020. The van der Waals surface area contributed by atoms with Gasteiger partial charge in [0, 0.05) is 39.3 Å². The molecule has 186 valence electrons. The number of fused-ring (bicyclic) bond motifs is 1. The molecule has 0 bridgehead atoms. The molecule has 0 radical (unpaired) electrons. The Morgan fingerprint density at radius 1 is 1.32 bits per heavy atom. The van der Waals surface area contributed by atoms with Gasteiger partial charge in [0.1, 0.15) is 23.2 Å². The lowest BCUT2D eigenvalue weighted by Gasteiger charge is -2.38. The Kier molecular flexibility index (Phi) is 7.71. The van der Waals surface area contributed by atoms with Crippen LogP contribution in [0.5, 0.6) is 5.75 Å². The van der Waals surface area contributed by atoms with E-state index in [1.165, 1.54) is 0 Å². The molecule has 0 fully saturated rings. The number of hydrogen-bond acceptors (Lipinski definition) is 7. The zero-order valence-corrected chi connectivity index (χ0v) is 21.0. The van der Waals surface area contributed by atoms with Crippen molar-refractivity contribution >= 4 is 23.3 Å². The van der Waals surface area contributed by atoms with Gasteiger partial charge in [0.05, 0.1) is 24.8 Å². The second-order valence-electron chi connectivity index (χ2n) is 9.21. The van der Waals surface area contributed by atoms with Crippen LogP contribution < -0.4 is 15.0 Å². The van der Waals surface area contributed by atoms with E-state index in [1.807, 2.05) is 38.9 Å². The largest absolute Gasteiger partial charge is 0.487 e. The van der Waals surface area contributed by atoms with Crippen LogP contribution >= 0.6 is 0 Å². The van der Waals surface area contributed by atoms with E-state index < -0.39 is 0 Å². The molecule has 2 N–H and O–H groups in total. The highest BCUT2D eigenvalue weighted by atomic mass is 16.5. The van der Waals surface area contributed by atoms with Crippen LogP contribution in [0.15, 0.2) is 22.7 Å². The first-order valence-electron chi connectivity index (χ1n) is 11.4. The van der Waals surface area contributed by atoms with Gasteiger partial charge in [0.25, 0.3) is 5.91 Å². The summed E-state index contributed by atoms with van der Waals surface area (Å²) in [4.78, 5) is 31.4. The van der Waals surface area contributed by atoms with E-state index in [9.17, 15) is 14.7 Å². The van der Waals surface area contributed by atoms with E-state index in [-0.39, 0.29) is 36.6 Å². The Balaban J connectivity index is 1.88. The van der Waals surface area contributed by atoms with Crippen molar-refractivity contribution < 1.29 is 24.0 Å². The number of aromatic nitrogens is 1. The number of amides is 3. The maximum atomic E-state index is 13.4. The van der Waals surface area contributed by atoms with Crippen molar-refractivity contribution in [3.05, 3.63) is 35.2 Å². The van der Waals surface area contributed by atoms with Gasteiger partial charge in [-0.1, -0.05) is 12.1 Å². The Morgan fingerprint density at radius 2 is 2.03 bits per heavy atom. The summed E-state index contributed by atoms with van der Waals surface area (Å²) in [5.41, 5.74) is 2.46. The first-order valence-corrected chi connectivity index (χ1v) is 11.4. The van der Waals surface area contributed by atoms with Crippen LogP contribution in [-0.4, -0.2) is 85.0 Å². The number of aryl methyl sites for hydroxylation is 2. The molecule has 3 atom stereocenters. The second-order valence-corrected chi connectivity index (χ2v) is 9.21. The number of nitrogens with zero attached hydrogens (tertiary/aromatic N) is 4. The van der Waals surface area contributed by atoms with Gasteiger partial charge in [-0.3, -0.25) is 4.79 Å². The number of aliphatic hydroxyl groups is 1. The predicted octanol–water partition coefficient (Wildman–Crippen LogP) is 2.74. The molecule has 0 aliphatic carbocycles. The molecule has 0 unspecified atom stereocenters. The van der Waals surface area contributed by atoms with Gasteiger partial charge >= 0.3 is 6.03 Å². The number of hydrogen-bond donors (Lipinski definition) is 2. The third-order valence-corrected chi connectivity index (χ3v) is 6.23. The third-order valence-electron chi connectivity index (χ3n) is 6.23. The molecule has 1 aromatic carbocycles. The lowest BCUT2D eigenvalue weighted by Crippen LogP contribution is -2.50. The number of aliphatic hydroxyl groups excluding tert-OH is 1. The molecule has 34 heavy (non-hydrogen) atoms. The summed E-state index contributed by atoms with van der Waals surface area (Å²) < 4.78 is 11.5. The molecular formula is C24H35N5O5. The van der Waals surface area contributed by atoms with E-state index in [2.05, 4.69) is 10.5 Å². The van der Waals surface area contributed by atoms with Crippen LogP contribution in [-0.2, 0) is 0 Å². The minimum atomic E-state index is -0.383. The molecule has 3 amide bonds. The van der Waals surface area contributed by atoms with Gasteiger partial charge in [-0.05, 0) is 39.0 Å².